The molecule has 3 rings (SSSR count). The Hall–Kier alpha value is -3.54. The molecule has 12 heteroatoms. The van der Waals surface area contributed by atoms with Gasteiger partial charge in [0.25, 0.3) is 5.95 Å². The third-order valence-electron chi connectivity index (χ3n) is 4.20. The van der Waals surface area contributed by atoms with Crippen molar-refractivity contribution in [3.05, 3.63) is 65.7 Å². The number of anilines is 2. The Labute approximate surface area is 186 Å². The lowest BCUT2D eigenvalue weighted by Crippen LogP contribution is -2.17. The molecule has 0 aliphatic carbocycles. The summed E-state index contributed by atoms with van der Waals surface area (Å²) in [6.45, 7) is 1.96. The predicted molar refractivity (Wildman–Crippen MR) is 118 cm³/mol. The maximum Gasteiger partial charge on any atom is 0.416 e. The van der Waals surface area contributed by atoms with Crippen molar-refractivity contribution >= 4 is 35.0 Å². The van der Waals surface area contributed by atoms with E-state index in [9.17, 15) is 18.0 Å². The van der Waals surface area contributed by atoms with Crippen molar-refractivity contribution in [2.75, 3.05) is 22.3 Å². The number of halogens is 3. The summed E-state index contributed by atoms with van der Waals surface area (Å²) in [6, 6.07) is 14.0. The molecule has 2 aromatic carbocycles. The third kappa shape index (κ3) is 6.00. The molecule has 0 fully saturated rings. The lowest BCUT2D eigenvalue weighted by atomic mass is 10.1. The summed E-state index contributed by atoms with van der Waals surface area (Å²) in [4.78, 5) is 12.1. The van der Waals surface area contributed by atoms with Gasteiger partial charge >= 0.3 is 6.18 Å². The van der Waals surface area contributed by atoms with Crippen LogP contribution in [0.1, 0.15) is 24.5 Å². The minimum absolute atomic E-state index is 0.0457. The first-order valence-electron chi connectivity index (χ1n) is 9.46. The van der Waals surface area contributed by atoms with Gasteiger partial charge in [-0.15, -0.1) is 10.2 Å². The van der Waals surface area contributed by atoms with Crippen LogP contribution in [0.4, 0.5) is 24.8 Å². The summed E-state index contributed by atoms with van der Waals surface area (Å²) >= 11 is 0.983. The summed E-state index contributed by atoms with van der Waals surface area (Å²) < 4.78 is 39.5. The minimum Gasteiger partial charge on any atom is -0.334 e. The molecule has 0 unspecified atom stereocenters. The number of thioether (sulfide) groups is 1. The molecule has 0 atom stereocenters. The van der Waals surface area contributed by atoms with Crippen molar-refractivity contribution in [1.82, 2.24) is 14.9 Å². The van der Waals surface area contributed by atoms with Gasteiger partial charge in [0.2, 0.25) is 11.1 Å². The van der Waals surface area contributed by atoms with E-state index in [1.807, 2.05) is 37.3 Å². The van der Waals surface area contributed by atoms with E-state index >= 15 is 0 Å². The number of hydrogen-bond donors (Lipinski definition) is 3. The van der Waals surface area contributed by atoms with Crippen LogP contribution in [-0.4, -0.2) is 32.2 Å². The van der Waals surface area contributed by atoms with Crippen molar-refractivity contribution in [3.8, 4) is 0 Å². The summed E-state index contributed by atoms with van der Waals surface area (Å²) in [5.74, 6) is 5.49. The lowest BCUT2D eigenvalue weighted by molar-refractivity contribution is -0.137. The second-order valence-electron chi connectivity index (χ2n) is 6.48. The van der Waals surface area contributed by atoms with Gasteiger partial charge in [-0.25, -0.2) is 10.1 Å². The minimum atomic E-state index is -4.49. The average Bonchev–Trinajstić information content (AvgIpc) is 3.12. The zero-order chi connectivity index (χ0) is 23.1. The Morgan fingerprint density at radius 1 is 1.16 bits per heavy atom. The van der Waals surface area contributed by atoms with Gasteiger partial charge in [0.15, 0.2) is 0 Å². The van der Waals surface area contributed by atoms with Crippen LogP contribution in [0.5, 0.6) is 0 Å². The van der Waals surface area contributed by atoms with Gasteiger partial charge in [-0.1, -0.05) is 55.1 Å². The van der Waals surface area contributed by atoms with Crippen molar-refractivity contribution in [3.63, 3.8) is 0 Å². The van der Waals surface area contributed by atoms with Crippen LogP contribution in [0.15, 0.2) is 64.9 Å². The fraction of sp³-hybridized carbons (Fsp3) is 0.200. The molecular formula is C20H20F3N7OS. The van der Waals surface area contributed by atoms with Crippen LogP contribution >= 0.6 is 11.8 Å². The highest BCUT2D eigenvalue weighted by Crippen LogP contribution is 2.30. The smallest absolute Gasteiger partial charge is 0.334 e. The van der Waals surface area contributed by atoms with E-state index in [2.05, 4.69) is 26.0 Å². The summed E-state index contributed by atoms with van der Waals surface area (Å²) in [6.07, 6.45) is -3.82. The van der Waals surface area contributed by atoms with Gasteiger partial charge in [0.1, 0.15) is 0 Å². The summed E-state index contributed by atoms with van der Waals surface area (Å²) in [5.41, 5.74) is 3.71. The molecule has 4 N–H and O–H groups in total. The molecular weight excluding hydrogens is 443 g/mol. The number of hydrogen-bond acceptors (Lipinski definition) is 7. The van der Waals surface area contributed by atoms with Crippen LogP contribution in [0.25, 0.3) is 0 Å². The highest BCUT2D eigenvalue weighted by molar-refractivity contribution is 7.99. The standard InChI is InChI=1S/C20H20F3N7OS/c1-2-16(13-7-4-3-5-8-13)26-27-18-28-29-19(30(18)24)32-12-17(31)25-15-10-6-9-14(11-15)20(21,22)23/h3-11H,2,12,24H2,1H3,(H,25,31)(H,27,28)/b26-16-. The molecule has 1 heterocycles. The van der Waals surface area contributed by atoms with Gasteiger partial charge in [-0.3, -0.25) is 4.79 Å². The first-order valence-corrected chi connectivity index (χ1v) is 10.4. The number of aromatic nitrogens is 3. The zero-order valence-electron chi connectivity index (χ0n) is 16.9. The summed E-state index contributed by atoms with van der Waals surface area (Å²) in [7, 11) is 0. The Kier molecular flexibility index (Phi) is 7.36. The van der Waals surface area contributed by atoms with Gasteiger partial charge in [0.05, 0.1) is 17.0 Å². The van der Waals surface area contributed by atoms with E-state index < -0.39 is 17.6 Å². The van der Waals surface area contributed by atoms with E-state index in [1.54, 1.807) is 0 Å². The Balaban J connectivity index is 1.59. The fourth-order valence-electron chi connectivity index (χ4n) is 2.65. The van der Waals surface area contributed by atoms with Crippen molar-refractivity contribution in [2.45, 2.75) is 24.7 Å². The number of carbonyl (C=O) groups excluding carboxylic acids is 1. The number of nitrogens with one attached hydrogen (secondary N) is 2. The first kappa shape index (κ1) is 23.1. The van der Waals surface area contributed by atoms with E-state index in [4.69, 9.17) is 5.84 Å². The maximum absolute atomic E-state index is 12.8. The Morgan fingerprint density at radius 2 is 1.91 bits per heavy atom. The molecule has 0 spiro atoms. The SMILES string of the molecule is CC/C(=N/Nc1nnc(SCC(=O)Nc2cccc(C(F)(F)F)c2)n1N)c1ccccc1. The van der Waals surface area contributed by atoms with Gasteiger partial charge in [0, 0.05) is 5.69 Å². The number of nitrogens with zero attached hydrogens (tertiary/aromatic N) is 4. The molecule has 3 aromatic rings. The fourth-order valence-corrected chi connectivity index (χ4v) is 3.30. The summed E-state index contributed by atoms with van der Waals surface area (Å²) in [5, 5.41) is 14.8. The van der Waals surface area contributed by atoms with Crippen LogP contribution in [0.2, 0.25) is 0 Å². The number of rotatable bonds is 8. The number of alkyl halides is 3. The molecule has 0 radical (unpaired) electrons. The number of amides is 1. The first-order chi connectivity index (χ1) is 15.3. The average molecular weight is 463 g/mol. The monoisotopic (exact) mass is 463 g/mol. The van der Waals surface area contributed by atoms with Gasteiger partial charge < -0.3 is 11.2 Å². The molecule has 0 bridgehead atoms. The molecule has 1 aromatic heterocycles. The third-order valence-corrected chi connectivity index (χ3v) is 5.15. The van der Waals surface area contributed by atoms with E-state index in [-0.39, 0.29) is 22.5 Å². The van der Waals surface area contributed by atoms with Crippen molar-refractivity contribution in [1.29, 1.82) is 0 Å². The van der Waals surface area contributed by atoms with E-state index in [0.717, 1.165) is 39.8 Å². The highest BCUT2D eigenvalue weighted by atomic mass is 32.2. The number of carbonyl (C=O) groups is 1. The molecule has 0 aliphatic heterocycles. The number of nitrogens with two attached hydrogens (primary N) is 1. The quantitative estimate of drug-likeness (QED) is 0.202. The molecule has 1 amide bonds. The number of benzene rings is 2. The normalized spacial score (nSPS) is 11.9. The Morgan fingerprint density at radius 3 is 2.59 bits per heavy atom. The molecule has 0 aliphatic rings. The van der Waals surface area contributed by atoms with Crippen LogP contribution in [0.3, 0.4) is 0 Å². The molecule has 32 heavy (non-hydrogen) atoms. The van der Waals surface area contributed by atoms with E-state index in [0.29, 0.717) is 6.42 Å². The van der Waals surface area contributed by atoms with Crippen LogP contribution in [-0.2, 0) is 11.0 Å². The Bertz CT molecular complexity index is 1100. The topological polar surface area (TPSA) is 110 Å². The molecule has 8 nitrogen and oxygen atoms in total. The van der Waals surface area contributed by atoms with E-state index in [1.165, 1.54) is 12.1 Å². The van der Waals surface area contributed by atoms with Crippen molar-refractivity contribution in [2.24, 2.45) is 5.10 Å². The number of nitrogen functional groups attached to an aromatic ring is 1. The zero-order valence-corrected chi connectivity index (χ0v) is 17.7. The molecule has 168 valence electrons. The number of hydrazone groups is 1. The lowest BCUT2D eigenvalue weighted by Gasteiger charge is -2.09. The van der Waals surface area contributed by atoms with Gasteiger partial charge in [-0.2, -0.15) is 18.3 Å². The second kappa shape index (κ2) is 10.2. The maximum atomic E-state index is 12.8. The predicted octanol–water partition coefficient (Wildman–Crippen LogP) is 3.97. The van der Waals surface area contributed by atoms with Crippen LogP contribution < -0.4 is 16.6 Å². The second-order valence-corrected chi connectivity index (χ2v) is 7.42. The van der Waals surface area contributed by atoms with Crippen LogP contribution in [0, 0.1) is 0 Å². The van der Waals surface area contributed by atoms with Crippen molar-refractivity contribution < 1.29 is 18.0 Å². The molecule has 0 saturated heterocycles. The molecule has 0 saturated carbocycles. The largest absolute Gasteiger partial charge is 0.416 e. The highest BCUT2D eigenvalue weighted by Gasteiger charge is 2.30. The van der Waals surface area contributed by atoms with Gasteiger partial charge in [-0.05, 0) is 30.2 Å².